The number of nitrogens with zero attached hydrogens (tertiary/aromatic N) is 2. The number of fused-ring (bicyclic) bond motifs is 3. The highest BCUT2D eigenvalue weighted by atomic mass is 35.5. The summed E-state index contributed by atoms with van der Waals surface area (Å²) < 4.78 is 15.9. The summed E-state index contributed by atoms with van der Waals surface area (Å²) in [5.74, 6) is -0.103. The van der Waals surface area contributed by atoms with Crippen LogP contribution in [0.3, 0.4) is 0 Å². The SMILES string of the molecule is O=c1c2c3c(sc2nc(SCc2c(F)cccc2Cl)n1-c1ccc(Cl)cc1)CCC3. The molecule has 0 radical (unpaired) electrons. The van der Waals surface area contributed by atoms with Crippen molar-refractivity contribution in [2.75, 3.05) is 0 Å². The zero-order chi connectivity index (χ0) is 20.8. The molecule has 0 bridgehead atoms. The van der Waals surface area contributed by atoms with Crippen LogP contribution in [0.25, 0.3) is 15.9 Å². The summed E-state index contributed by atoms with van der Waals surface area (Å²) in [6.07, 6.45) is 2.97. The molecule has 0 aliphatic heterocycles. The molecular weight excluding hydrogens is 462 g/mol. The number of aryl methyl sites for hydroxylation is 2. The molecule has 0 atom stereocenters. The summed E-state index contributed by atoms with van der Waals surface area (Å²) in [4.78, 5) is 20.4. The van der Waals surface area contributed by atoms with E-state index < -0.39 is 0 Å². The van der Waals surface area contributed by atoms with Crippen LogP contribution in [0.15, 0.2) is 52.4 Å². The first kappa shape index (κ1) is 20.1. The largest absolute Gasteiger partial charge is 0.268 e. The van der Waals surface area contributed by atoms with Gasteiger partial charge in [-0.2, -0.15) is 0 Å². The minimum atomic E-state index is -0.369. The molecule has 3 nitrogen and oxygen atoms in total. The lowest BCUT2D eigenvalue weighted by molar-refractivity contribution is 0.617. The Morgan fingerprint density at radius 2 is 1.93 bits per heavy atom. The van der Waals surface area contributed by atoms with E-state index in [1.807, 2.05) is 0 Å². The molecule has 0 fully saturated rings. The third kappa shape index (κ3) is 3.46. The smallest absolute Gasteiger partial charge is 0.267 e. The average Bonchev–Trinajstić information content (AvgIpc) is 3.29. The normalized spacial score (nSPS) is 13.2. The molecule has 0 amide bonds. The van der Waals surface area contributed by atoms with Gasteiger partial charge in [-0.3, -0.25) is 9.36 Å². The van der Waals surface area contributed by atoms with Crippen LogP contribution in [0.2, 0.25) is 10.0 Å². The van der Waals surface area contributed by atoms with Gasteiger partial charge < -0.3 is 0 Å². The number of benzene rings is 2. The maximum atomic E-state index is 14.3. The number of rotatable bonds is 4. The van der Waals surface area contributed by atoms with Gasteiger partial charge in [0.2, 0.25) is 0 Å². The second-order valence-corrected chi connectivity index (χ2v) is 9.91. The molecule has 30 heavy (non-hydrogen) atoms. The molecule has 2 aromatic carbocycles. The lowest BCUT2D eigenvalue weighted by atomic mass is 10.2. The van der Waals surface area contributed by atoms with Crippen LogP contribution in [-0.4, -0.2) is 9.55 Å². The van der Waals surface area contributed by atoms with E-state index in [2.05, 4.69) is 0 Å². The summed E-state index contributed by atoms with van der Waals surface area (Å²) in [5, 5.41) is 2.16. The number of thioether (sulfide) groups is 1. The van der Waals surface area contributed by atoms with E-state index in [1.54, 1.807) is 52.3 Å². The van der Waals surface area contributed by atoms with Gasteiger partial charge in [-0.25, -0.2) is 9.37 Å². The predicted molar refractivity (Wildman–Crippen MR) is 123 cm³/mol. The van der Waals surface area contributed by atoms with Gasteiger partial charge in [-0.1, -0.05) is 41.0 Å². The van der Waals surface area contributed by atoms with Gasteiger partial charge in [0, 0.05) is 26.2 Å². The van der Waals surface area contributed by atoms with E-state index in [1.165, 1.54) is 22.7 Å². The summed E-state index contributed by atoms with van der Waals surface area (Å²) in [5.41, 5.74) is 2.11. The molecule has 0 spiro atoms. The van der Waals surface area contributed by atoms with Crippen molar-refractivity contribution in [2.24, 2.45) is 0 Å². The van der Waals surface area contributed by atoms with E-state index in [-0.39, 0.29) is 17.1 Å². The standard InChI is InChI=1S/C22H15Cl2FN2OS2/c23-12-7-9-13(10-8-12)27-21(28)19-14-3-1-6-18(14)30-20(19)26-22(27)29-11-15-16(24)4-2-5-17(15)25/h2,4-5,7-10H,1,3,6,11H2. The zero-order valence-corrected chi connectivity index (χ0v) is 18.8. The fourth-order valence-corrected chi connectivity index (χ4v) is 6.53. The van der Waals surface area contributed by atoms with Crippen molar-refractivity contribution in [1.29, 1.82) is 0 Å². The first-order valence-corrected chi connectivity index (χ1v) is 12.0. The third-order valence-electron chi connectivity index (χ3n) is 5.20. The Kier molecular flexibility index (Phi) is 5.35. The van der Waals surface area contributed by atoms with Gasteiger partial charge in [0.15, 0.2) is 5.16 Å². The van der Waals surface area contributed by atoms with Crippen LogP contribution in [0.5, 0.6) is 0 Å². The van der Waals surface area contributed by atoms with Crippen molar-refractivity contribution >= 4 is 56.5 Å². The first-order valence-electron chi connectivity index (χ1n) is 9.42. The molecule has 0 saturated carbocycles. The van der Waals surface area contributed by atoms with E-state index in [0.717, 1.165) is 29.7 Å². The summed E-state index contributed by atoms with van der Waals surface area (Å²) in [7, 11) is 0. The number of aromatic nitrogens is 2. The van der Waals surface area contributed by atoms with Crippen LogP contribution < -0.4 is 5.56 Å². The second-order valence-electron chi connectivity index (χ2n) is 7.04. The summed E-state index contributed by atoms with van der Waals surface area (Å²) in [6.45, 7) is 0. The fraction of sp³-hybridized carbons (Fsp3) is 0.182. The number of thiophene rings is 1. The van der Waals surface area contributed by atoms with Gasteiger partial charge in [0.05, 0.1) is 11.1 Å². The van der Waals surface area contributed by atoms with Crippen molar-refractivity contribution in [3.63, 3.8) is 0 Å². The van der Waals surface area contributed by atoms with Crippen LogP contribution in [0.1, 0.15) is 22.4 Å². The van der Waals surface area contributed by atoms with Crippen molar-refractivity contribution < 1.29 is 4.39 Å². The Labute approximate surface area is 190 Å². The Morgan fingerprint density at radius 1 is 1.13 bits per heavy atom. The highest BCUT2D eigenvalue weighted by Crippen LogP contribution is 2.37. The summed E-state index contributed by atoms with van der Waals surface area (Å²) in [6, 6.07) is 11.7. The Bertz CT molecular complexity index is 1310. The lowest BCUT2D eigenvalue weighted by Crippen LogP contribution is -2.21. The quantitative estimate of drug-likeness (QED) is 0.243. The molecule has 2 aromatic heterocycles. The Morgan fingerprint density at radius 3 is 2.70 bits per heavy atom. The first-order chi connectivity index (χ1) is 14.5. The minimum Gasteiger partial charge on any atom is -0.268 e. The predicted octanol–water partition coefficient (Wildman–Crippen LogP) is 6.67. The monoisotopic (exact) mass is 476 g/mol. The lowest BCUT2D eigenvalue weighted by Gasteiger charge is -2.13. The molecule has 152 valence electrons. The van der Waals surface area contributed by atoms with Crippen LogP contribution in [0, 0.1) is 5.82 Å². The molecule has 1 aliphatic carbocycles. The van der Waals surface area contributed by atoms with Gasteiger partial charge >= 0.3 is 0 Å². The number of hydrogen-bond donors (Lipinski definition) is 0. The van der Waals surface area contributed by atoms with E-state index in [4.69, 9.17) is 28.2 Å². The maximum Gasteiger partial charge on any atom is 0.267 e. The van der Waals surface area contributed by atoms with E-state index in [0.29, 0.717) is 31.8 Å². The molecule has 1 aliphatic rings. The van der Waals surface area contributed by atoms with Crippen LogP contribution >= 0.6 is 46.3 Å². The van der Waals surface area contributed by atoms with E-state index >= 15 is 0 Å². The minimum absolute atomic E-state index is 0.0937. The van der Waals surface area contributed by atoms with Crippen molar-refractivity contribution in [3.05, 3.63) is 84.7 Å². The fourth-order valence-electron chi connectivity index (χ4n) is 3.75. The molecule has 8 heteroatoms. The molecule has 0 unspecified atom stereocenters. The summed E-state index contributed by atoms with van der Waals surface area (Å²) >= 11 is 15.1. The van der Waals surface area contributed by atoms with Crippen molar-refractivity contribution in [2.45, 2.75) is 30.2 Å². The molecule has 0 saturated heterocycles. The number of halogens is 3. The Hall–Kier alpha value is -1.86. The van der Waals surface area contributed by atoms with Gasteiger partial charge in [0.25, 0.3) is 5.56 Å². The Balaban J connectivity index is 1.67. The zero-order valence-electron chi connectivity index (χ0n) is 15.6. The van der Waals surface area contributed by atoms with Crippen LogP contribution in [-0.2, 0) is 18.6 Å². The van der Waals surface area contributed by atoms with Crippen molar-refractivity contribution in [3.8, 4) is 5.69 Å². The highest BCUT2D eigenvalue weighted by Gasteiger charge is 2.24. The topological polar surface area (TPSA) is 34.9 Å². The maximum absolute atomic E-state index is 14.3. The van der Waals surface area contributed by atoms with E-state index in [9.17, 15) is 9.18 Å². The molecule has 5 rings (SSSR count). The highest BCUT2D eigenvalue weighted by molar-refractivity contribution is 7.98. The molecule has 2 heterocycles. The second kappa shape index (κ2) is 8.00. The third-order valence-corrected chi connectivity index (χ3v) is 7.96. The number of hydrogen-bond acceptors (Lipinski definition) is 4. The molecular formula is C22H15Cl2FN2OS2. The average molecular weight is 477 g/mol. The van der Waals surface area contributed by atoms with Gasteiger partial charge in [-0.15, -0.1) is 11.3 Å². The van der Waals surface area contributed by atoms with Crippen molar-refractivity contribution in [1.82, 2.24) is 9.55 Å². The van der Waals surface area contributed by atoms with Crippen LogP contribution in [0.4, 0.5) is 4.39 Å². The van der Waals surface area contributed by atoms with Gasteiger partial charge in [0.1, 0.15) is 10.6 Å². The van der Waals surface area contributed by atoms with Gasteiger partial charge in [-0.05, 0) is 61.2 Å². The molecule has 4 aromatic rings. The molecule has 0 N–H and O–H groups in total.